The van der Waals surface area contributed by atoms with Gasteiger partial charge < -0.3 is 4.90 Å². The lowest BCUT2D eigenvalue weighted by atomic mass is 9.92. The zero-order valence-electron chi connectivity index (χ0n) is 16.2. The number of anilines is 3. The molecule has 0 bridgehead atoms. The van der Waals surface area contributed by atoms with Crippen LogP contribution in [-0.2, 0) is 0 Å². The molecule has 0 unspecified atom stereocenters. The van der Waals surface area contributed by atoms with Gasteiger partial charge in [-0.05, 0) is 54.6 Å². The van der Waals surface area contributed by atoms with Crippen molar-refractivity contribution in [1.29, 1.82) is 0 Å². The summed E-state index contributed by atoms with van der Waals surface area (Å²) in [6.07, 6.45) is 0. The van der Waals surface area contributed by atoms with Gasteiger partial charge in [0, 0.05) is 44.8 Å². The second kappa shape index (κ2) is 7.11. The minimum Gasteiger partial charge on any atom is -0.344 e. The Bertz CT molecular complexity index is 1280. The SMILES string of the molecule is CN(c1ccccc1)c1ccc2c3c(cccc13)C(=O)N(c1ccc(Br)cc1)C2=O. The van der Waals surface area contributed by atoms with Crippen molar-refractivity contribution < 1.29 is 9.59 Å². The molecule has 0 saturated heterocycles. The van der Waals surface area contributed by atoms with Crippen LogP contribution in [0, 0.1) is 0 Å². The molecule has 4 aromatic rings. The maximum atomic E-state index is 13.3. The van der Waals surface area contributed by atoms with Crippen molar-refractivity contribution in [3.8, 4) is 0 Å². The minimum absolute atomic E-state index is 0.306. The van der Waals surface area contributed by atoms with Crippen LogP contribution in [0.1, 0.15) is 20.7 Å². The van der Waals surface area contributed by atoms with Gasteiger partial charge in [-0.2, -0.15) is 0 Å². The third-order valence-corrected chi connectivity index (χ3v) is 6.00. The predicted molar refractivity (Wildman–Crippen MR) is 124 cm³/mol. The number of benzene rings is 4. The van der Waals surface area contributed by atoms with Crippen LogP contribution in [-0.4, -0.2) is 18.9 Å². The molecule has 146 valence electrons. The van der Waals surface area contributed by atoms with E-state index in [0.29, 0.717) is 22.2 Å². The highest BCUT2D eigenvalue weighted by molar-refractivity contribution is 9.10. The van der Waals surface area contributed by atoms with Crippen LogP contribution in [0.3, 0.4) is 0 Å². The van der Waals surface area contributed by atoms with Crippen molar-refractivity contribution in [2.24, 2.45) is 0 Å². The molecule has 2 amide bonds. The van der Waals surface area contributed by atoms with E-state index in [2.05, 4.69) is 20.8 Å². The lowest BCUT2D eigenvalue weighted by Crippen LogP contribution is -2.40. The van der Waals surface area contributed by atoms with Gasteiger partial charge in [-0.15, -0.1) is 0 Å². The minimum atomic E-state index is -0.306. The van der Waals surface area contributed by atoms with Crippen molar-refractivity contribution in [1.82, 2.24) is 0 Å². The number of halogens is 1. The van der Waals surface area contributed by atoms with E-state index in [-0.39, 0.29) is 11.8 Å². The molecule has 0 N–H and O–H groups in total. The summed E-state index contributed by atoms with van der Waals surface area (Å²) >= 11 is 3.40. The Morgan fingerprint density at radius 1 is 0.733 bits per heavy atom. The Balaban J connectivity index is 1.69. The average Bonchev–Trinajstić information content (AvgIpc) is 2.78. The zero-order chi connectivity index (χ0) is 20.8. The van der Waals surface area contributed by atoms with E-state index in [4.69, 9.17) is 0 Å². The molecule has 4 aromatic carbocycles. The number of carbonyl (C=O) groups is 2. The maximum Gasteiger partial charge on any atom is 0.265 e. The third kappa shape index (κ3) is 2.82. The van der Waals surface area contributed by atoms with Gasteiger partial charge >= 0.3 is 0 Å². The van der Waals surface area contributed by atoms with Crippen LogP contribution in [0.5, 0.6) is 0 Å². The zero-order valence-corrected chi connectivity index (χ0v) is 17.8. The van der Waals surface area contributed by atoms with Crippen molar-refractivity contribution in [3.05, 3.63) is 101 Å². The monoisotopic (exact) mass is 456 g/mol. The molecule has 0 radical (unpaired) electrons. The Hall–Kier alpha value is -3.44. The summed E-state index contributed by atoms with van der Waals surface area (Å²) in [5.74, 6) is -0.611. The molecular formula is C25H17BrN2O2. The second-order valence-corrected chi connectivity index (χ2v) is 8.09. The summed E-state index contributed by atoms with van der Waals surface area (Å²) in [4.78, 5) is 30.0. The highest BCUT2D eigenvalue weighted by atomic mass is 79.9. The summed E-state index contributed by atoms with van der Waals surface area (Å²) in [6.45, 7) is 0. The number of hydrogen-bond acceptors (Lipinski definition) is 3. The van der Waals surface area contributed by atoms with Gasteiger partial charge in [0.15, 0.2) is 0 Å². The van der Waals surface area contributed by atoms with Crippen LogP contribution in [0.25, 0.3) is 10.8 Å². The van der Waals surface area contributed by atoms with E-state index in [0.717, 1.165) is 21.2 Å². The topological polar surface area (TPSA) is 40.6 Å². The van der Waals surface area contributed by atoms with E-state index < -0.39 is 0 Å². The average molecular weight is 457 g/mol. The van der Waals surface area contributed by atoms with Crippen LogP contribution in [0.2, 0.25) is 0 Å². The van der Waals surface area contributed by atoms with E-state index in [1.807, 2.05) is 73.8 Å². The molecule has 1 aliphatic heterocycles. The lowest BCUT2D eigenvalue weighted by Gasteiger charge is -2.29. The normalized spacial score (nSPS) is 13.1. The number of nitrogens with zero attached hydrogens (tertiary/aromatic N) is 2. The second-order valence-electron chi connectivity index (χ2n) is 7.18. The van der Waals surface area contributed by atoms with Gasteiger partial charge in [-0.3, -0.25) is 9.59 Å². The van der Waals surface area contributed by atoms with Crippen molar-refractivity contribution in [2.75, 3.05) is 16.8 Å². The van der Waals surface area contributed by atoms with E-state index in [9.17, 15) is 9.59 Å². The first kappa shape index (κ1) is 18.6. The van der Waals surface area contributed by atoms with Crippen LogP contribution < -0.4 is 9.80 Å². The van der Waals surface area contributed by atoms with Gasteiger partial charge in [0.05, 0.1) is 5.69 Å². The molecule has 0 aliphatic carbocycles. The molecule has 0 spiro atoms. The molecule has 0 saturated carbocycles. The molecule has 5 rings (SSSR count). The van der Waals surface area contributed by atoms with Crippen molar-refractivity contribution in [3.63, 3.8) is 0 Å². The fourth-order valence-electron chi connectivity index (χ4n) is 3.99. The first-order chi connectivity index (χ1) is 14.6. The fourth-order valence-corrected chi connectivity index (χ4v) is 4.25. The highest BCUT2D eigenvalue weighted by Gasteiger charge is 2.34. The summed E-state index contributed by atoms with van der Waals surface area (Å²) in [5.41, 5.74) is 3.60. The summed E-state index contributed by atoms with van der Waals surface area (Å²) in [7, 11) is 1.99. The predicted octanol–water partition coefficient (Wildman–Crippen LogP) is 6.17. The standard InChI is InChI=1S/C25H17BrN2O2/c1-27(17-6-3-2-4-7-17)22-15-14-21-23-19(22)8-5-9-20(23)24(29)28(25(21)30)18-12-10-16(26)11-13-18/h2-15H,1H3. The molecule has 30 heavy (non-hydrogen) atoms. The van der Waals surface area contributed by atoms with Gasteiger partial charge in [0.1, 0.15) is 0 Å². The molecule has 4 nitrogen and oxygen atoms in total. The number of rotatable bonds is 3. The Kier molecular flexibility index (Phi) is 4.40. The molecule has 5 heteroatoms. The number of imide groups is 1. The van der Waals surface area contributed by atoms with Crippen LogP contribution in [0.4, 0.5) is 17.1 Å². The van der Waals surface area contributed by atoms with Crippen LogP contribution in [0.15, 0.2) is 89.4 Å². The first-order valence-electron chi connectivity index (χ1n) is 9.55. The largest absolute Gasteiger partial charge is 0.344 e. The number of carbonyl (C=O) groups excluding carboxylic acids is 2. The molecule has 1 aliphatic rings. The quantitative estimate of drug-likeness (QED) is 0.346. The Morgan fingerprint density at radius 3 is 2.10 bits per heavy atom. The van der Waals surface area contributed by atoms with E-state index >= 15 is 0 Å². The van der Waals surface area contributed by atoms with Crippen LogP contribution >= 0.6 is 15.9 Å². The smallest absolute Gasteiger partial charge is 0.265 e. The van der Waals surface area contributed by atoms with Crippen molar-refractivity contribution in [2.45, 2.75) is 0 Å². The number of para-hydroxylation sites is 1. The van der Waals surface area contributed by atoms with Crippen molar-refractivity contribution >= 4 is 55.6 Å². The van der Waals surface area contributed by atoms with Gasteiger partial charge in [0.2, 0.25) is 0 Å². The number of hydrogen-bond donors (Lipinski definition) is 0. The lowest BCUT2D eigenvalue weighted by molar-refractivity contribution is 0.0893. The molecule has 1 heterocycles. The van der Waals surface area contributed by atoms with E-state index in [1.54, 1.807) is 18.2 Å². The van der Waals surface area contributed by atoms with E-state index in [1.165, 1.54) is 4.90 Å². The summed E-state index contributed by atoms with van der Waals surface area (Å²) in [5, 5.41) is 1.59. The Morgan fingerprint density at radius 2 is 1.40 bits per heavy atom. The van der Waals surface area contributed by atoms with Gasteiger partial charge in [-0.1, -0.05) is 46.3 Å². The first-order valence-corrected chi connectivity index (χ1v) is 10.3. The molecule has 0 fully saturated rings. The highest BCUT2D eigenvalue weighted by Crippen LogP contribution is 2.39. The Labute approximate surface area is 182 Å². The van der Waals surface area contributed by atoms with Gasteiger partial charge in [-0.25, -0.2) is 4.90 Å². The molecule has 0 aromatic heterocycles. The fraction of sp³-hybridized carbons (Fsp3) is 0.0400. The molecular weight excluding hydrogens is 440 g/mol. The molecule has 0 atom stereocenters. The summed E-state index contributed by atoms with van der Waals surface area (Å²) < 4.78 is 0.888. The third-order valence-electron chi connectivity index (χ3n) is 5.47. The van der Waals surface area contributed by atoms with Gasteiger partial charge in [0.25, 0.3) is 11.8 Å². The summed E-state index contributed by atoms with van der Waals surface area (Å²) in [6, 6.07) is 26.6. The maximum absolute atomic E-state index is 13.3. The number of amides is 2.